The van der Waals surface area contributed by atoms with Crippen LogP contribution in [0.3, 0.4) is 0 Å². The molecule has 1 aliphatic rings. The smallest absolute Gasteiger partial charge is 0.335 e. The Labute approximate surface area is 168 Å². The van der Waals surface area contributed by atoms with Crippen molar-refractivity contribution in [3.63, 3.8) is 0 Å². The molecule has 2 N–H and O–H groups in total. The number of nitrogens with zero attached hydrogens (tertiary/aromatic N) is 1. The molecule has 29 heavy (non-hydrogen) atoms. The summed E-state index contributed by atoms with van der Waals surface area (Å²) in [7, 11) is 0. The van der Waals surface area contributed by atoms with Gasteiger partial charge in [-0.25, -0.2) is 9.18 Å². The number of aromatic carboxylic acids is 1. The summed E-state index contributed by atoms with van der Waals surface area (Å²) in [5.41, 5.74) is 2.80. The second-order valence-electron chi connectivity index (χ2n) is 7.67. The molecule has 1 aliphatic heterocycles. The van der Waals surface area contributed by atoms with Gasteiger partial charge in [-0.2, -0.15) is 0 Å². The van der Waals surface area contributed by atoms with Gasteiger partial charge in [0, 0.05) is 30.2 Å². The third-order valence-electron chi connectivity index (χ3n) is 5.79. The fourth-order valence-corrected chi connectivity index (χ4v) is 4.18. The Hall–Kier alpha value is -3.15. The standard InChI is InChI=1S/C23H23FN2O3/c24-18-5-6-19-17(14-25-21(19)13-18)12-22(27)26-9-7-15(8-10-26)11-16-3-1-2-4-20(16)23(28)29/h1-6,13-15,25H,7-12H2,(H,28,29). The lowest BCUT2D eigenvalue weighted by atomic mass is 9.88. The molecule has 4 rings (SSSR count). The number of halogens is 1. The van der Waals surface area contributed by atoms with E-state index in [-0.39, 0.29) is 18.1 Å². The first kappa shape index (κ1) is 19.2. The summed E-state index contributed by atoms with van der Waals surface area (Å²) in [6.07, 6.45) is 4.51. The summed E-state index contributed by atoms with van der Waals surface area (Å²) in [5.74, 6) is -0.759. The van der Waals surface area contributed by atoms with E-state index in [1.807, 2.05) is 17.0 Å². The van der Waals surface area contributed by atoms with Gasteiger partial charge in [-0.05, 0) is 60.6 Å². The molecule has 0 aliphatic carbocycles. The number of hydrogen-bond acceptors (Lipinski definition) is 2. The van der Waals surface area contributed by atoms with Gasteiger partial charge in [-0.1, -0.05) is 18.2 Å². The number of nitrogens with one attached hydrogen (secondary N) is 1. The minimum absolute atomic E-state index is 0.0691. The average molecular weight is 394 g/mol. The Bertz CT molecular complexity index is 1050. The lowest BCUT2D eigenvalue weighted by Crippen LogP contribution is -2.39. The van der Waals surface area contributed by atoms with Gasteiger partial charge in [0.1, 0.15) is 5.82 Å². The number of amides is 1. The van der Waals surface area contributed by atoms with Crippen LogP contribution in [0.1, 0.15) is 34.3 Å². The fourth-order valence-electron chi connectivity index (χ4n) is 4.18. The molecule has 0 saturated carbocycles. The molecule has 150 valence electrons. The van der Waals surface area contributed by atoms with Gasteiger partial charge in [0.15, 0.2) is 0 Å². The van der Waals surface area contributed by atoms with Gasteiger partial charge in [0.05, 0.1) is 12.0 Å². The molecule has 1 aromatic heterocycles. The molecule has 2 aromatic carbocycles. The van der Waals surface area contributed by atoms with E-state index in [4.69, 9.17) is 0 Å². The van der Waals surface area contributed by atoms with E-state index in [0.717, 1.165) is 35.8 Å². The van der Waals surface area contributed by atoms with Gasteiger partial charge in [-0.15, -0.1) is 0 Å². The summed E-state index contributed by atoms with van der Waals surface area (Å²) in [5, 5.41) is 10.2. The van der Waals surface area contributed by atoms with Crippen LogP contribution in [-0.2, 0) is 17.6 Å². The minimum Gasteiger partial charge on any atom is -0.478 e. The maximum atomic E-state index is 13.3. The van der Waals surface area contributed by atoms with E-state index in [1.54, 1.807) is 24.4 Å². The van der Waals surface area contributed by atoms with Crippen LogP contribution in [0.2, 0.25) is 0 Å². The summed E-state index contributed by atoms with van der Waals surface area (Å²) in [6, 6.07) is 11.7. The van der Waals surface area contributed by atoms with Crippen molar-refractivity contribution in [3.8, 4) is 0 Å². The van der Waals surface area contributed by atoms with Crippen molar-refractivity contribution in [1.82, 2.24) is 9.88 Å². The Kier molecular flexibility index (Phi) is 5.34. The highest BCUT2D eigenvalue weighted by Gasteiger charge is 2.24. The first-order valence-corrected chi connectivity index (χ1v) is 9.86. The zero-order chi connectivity index (χ0) is 20.4. The van der Waals surface area contributed by atoms with E-state index in [2.05, 4.69) is 4.98 Å². The van der Waals surface area contributed by atoms with E-state index in [1.165, 1.54) is 12.1 Å². The lowest BCUT2D eigenvalue weighted by molar-refractivity contribution is -0.131. The molecule has 1 saturated heterocycles. The number of aromatic amines is 1. The highest BCUT2D eigenvalue weighted by atomic mass is 19.1. The molecule has 2 heterocycles. The van der Waals surface area contributed by atoms with Crippen molar-refractivity contribution >= 4 is 22.8 Å². The van der Waals surface area contributed by atoms with E-state index < -0.39 is 5.97 Å². The fraction of sp³-hybridized carbons (Fsp3) is 0.304. The van der Waals surface area contributed by atoms with Crippen molar-refractivity contribution in [2.75, 3.05) is 13.1 Å². The maximum absolute atomic E-state index is 13.3. The molecule has 1 fully saturated rings. The second-order valence-corrected chi connectivity index (χ2v) is 7.67. The normalized spacial score (nSPS) is 15.0. The molecular formula is C23H23FN2O3. The molecule has 0 radical (unpaired) electrons. The van der Waals surface area contributed by atoms with Gasteiger partial charge >= 0.3 is 5.97 Å². The number of benzene rings is 2. The first-order chi connectivity index (χ1) is 14.0. The molecule has 5 nitrogen and oxygen atoms in total. The number of aromatic nitrogens is 1. The number of piperidine rings is 1. The van der Waals surface area contributed by atoms with Crippen LogP contribution in [0.5, 0.6) is 0 Å². The third-order valence-corrected chi connectivity index (χ3v) is 5.79. The number of rotatable bonds is 5. The third kappa shape index (κ3) is 4.16. The Morgan fingerprint density at radius 3 is 2.62 bits per heavy atom. The predicted octanol–water partition coefficient (Wildman–Crippen LogP) is 4.03. The van der Waals surface area contributed by atoms with Crippen LogP contribution < -0.4 is 0 Å². The molecular weight excluding hydrogens is 371 g/mol. The predicted molar refractivity (Wildman–Crippen MR) is 108 cm³/mol. The quantitative estimate of drug-likeness (QED) is 0.686. The summed E-state index contributed by atoms with van der Waals surface area (Å²) < 4.78 is 13.3. The van der Waals surface area contributed by atoms with Crippen molar-refractivity contribution in [3.05, 3.63) is 71.2 Å². The van der Waals surface area contributed by atoms with Crippen molar-refractivity contribution in [2.45, 2.75) is 25.7 Å². The van der Waals surface area contributed by atoms with E-state index >= 15 is 0 Å². The number of H-pyrrole nitrogens is 1. The van der Waals surface area contributed by atoms with Crippen LogP contribution in [0.25, 0.3) is 10.9 Å². The zero-order valence-electron chi connectivity index (χ0n) is 16.0. The maximum Gasteiger partial charge on any atom is 0.335 e. The summed E-state index contributed by atoms with van der Waals surface area (Å²) in [6.45, 7) is 1.35. The number of likely N-dealkylation sites (tertiary alicyclic amines) is 1. The number of hydrogen-bond donors (Lipinski definition) is 2. The lowest BCUT2D eigenvalue weighted by Gasteiger charge is -2.32. The molecule has 3 aromatic rings. The second kappa shape index (κ2) is 8.07. The van der Waals surface area contributed by atoms with Crippen molar-refractivity contribution in [2.24, 2.45) is 5.92 Å². The monoisotopic (exact) mass is 394 g/mol. The van der Waals surface area contributed by atoms with Crippen molar-refractivity contribution in [1.29, 1.82) is 0 Å². The van der Waals surface area contributed by atoms with E-state index in [0.29, 0.717) is 30.1 Å². The molecule has 1 amide bonds. The highest BCUT2D eigenvalue weighted by Crippen LogP contribution is 2.25. The van der Waals surface area contributed by atoms with Crippen LogP contribution >= 0.6 is 0 Å². The number of carbonyl (C=O) groups is 2. The molecule has 0 atom stereocenters. The first-order valence-electron chi connectivity index (χ1n) is 9.86. The topological polar surface area (TPSA) is 73.4 Å². The van der Waals surface area contributed by atoms with Gasteiger partial charge in [-0.3, -0.25) is 4.79 Å². The average Bonchev–Trinajstić information content (AvgIpc) is 3.10. The largest absolute Gasteiger partial charge is 0.478 e. The molecule has 0 bridgehead atoms. The van der Waals surface area contributed by atoms with Crippen LogP contribution in [0.15, 0.2) is 48.7 Å². The molecule has 0 unspecified atom stereocenters. The number of carboxylic acid groups (broad SMARTS) is 1. The van der Waals surface area contributed by atoms with Crippen molar-refractivity contribution < 1.29 is 19.1 Å². The van der Waals surface area contributed by atoms with Crippen LogP contribution in [0, 0.1) is 11.7 Å². The zero-order valence-corrected chi connectivity index (χ0v) is 16.0. The number of carbonyl (C=O) groups excluding carboxylic acids is 1. The van der Waals surface area contributed by atoms with Gasteiger partial charge in [0.2, 0.25) is 5.91 Å². The summed E-state index contributed by atoms with van der Waals surface area (Å²) in [4.78, 5) is 29.0. The number of carboxylic acids is 1. The Balaban J connectivity index is 1.36. The van der Waals surface area contributed by atoms with Gasteiger partial charge in [0.25, 0.3) is 0 Å². The highest BCUT2D eigenvalue weighted by molar-refractivity contribution is 5.90. The molecule has 0 spiro atoms. The summed E-state index contributed by atoms with van der Waals surface area (Å²) >= 11 is 0. The SMILES string of the molecule is O=C(O)c1ccccc1CC1CCN(C(=O)Cc2c[nH]c3cc(F)ccc23)CC1. The van der Waals surface area contributed by atoms with Crippen LogP contribution in [-0.4, -0.2) is 40.0 Å². The van der Waals surface area contributed by atoms with E-state index in [9.17, 15) is 19.1 Å². The van der Waals surface area contributed by atoms with Crippen LogP contribution in [0.4, 0.5) is 4.39 Å². The Morgan fingerprint density at radius 1 is 1.10 bits per heavy atom. The van der Waals surface area contributed by atoms with Gasteiger partial charge < -0.3 is 15.0 Å². The Morgan fingerprint density at radius 2 is 1.86 bits per heavy atom. The molecule has 6 heteroatoms. The number of fused-ring (bicyclic) bond motifs is 1. The minimum atomic E-state index is -0.896.